The minimum Gasteiger partial charge on any atom is -0.349 e. The molecule has 20 heavy (non-hydrogen) atoms. The largest absolute Gasteiger partial charge is 0.349 e. The van der Waals surface area contributed by atoms with E-state index in [2.05, 4.69) is 40.9 Å². The van der Waals surface area contributed by atoms with E-state index in [0.29, 0.717) is 18.8 Å². The molecule has 0 unspecified atom stereocenters. The summed E-state index contributed by atoms with van der Waals surface area (Å²) in [4.78, 5) is 18.2. The average molecular weight is 274 g/mol. The van der Waals surface area contributed by atoms with Gasteiger partial charge in [0.15, 0.2) is 0 Å². The van der Waals surface area contributed by atoms with Gasteiger partial charge in [0, 0.05) is 24.8 Å². The van der Waals surface area contributed by atoms with Gasteiger partial charge >= 0.3 is 0 Å². The Bertz CT molecular complexity index is 469. The lowest BCUT2D eigenvalue weighted by Gasteiger charge is -2.17. The van der Waals surface area contributed by atoms with Crippen LogP contribution in [0.1, 0.15) is 29.9 Å². The standard InChI is InChI=1S/C15H22N4O/c1-3-19(4-2)11-10-17-15(20)14-8-7-13(12-18-14)6-5-9-16/h7-8,12H,3-4,9-11,16H2,1-2H3,(H,17,20). The molecule has 1 aromatic rings. The molecule has 5 nitrogen and oxygen atoms in total. The number of amides is 1. The third-order valence-electron chi connectivity index (χ3n) is 2.94. The fraction of sp³-hybridized carbons (Fsp3) is 0.467. The van der Waals surface area contributed by atoms with Crippen molar-refractivity contribution in [3.8, 4) is 11.8 Å². The number of carbonyl (C=O) groups is 1. The van der Waals surface area contributed by atoms with E-state index in [-0.39, 0.29) is 5.91 Å². The summed E-state index contributed by atoms with van der Waals surface area (Å²) in [6.07, 6.45) is 1.59. The van der Waals surface area contributed by atoms with Crippen LogP contribution >= 0.6 is 0 Å². The third-order valence-corrected chi connectivity index (χ3v) is 2.94. The molecule has 3 N–H and O–H groups in total. The number of nitrogens with two attached hydrogens (primary N) is 1. The highest BCUT2D eigenvalue weighted by Gasteiger charge is 2.06. The number of nitrogens with zero attached hydrogens (tertiary/aromatic N) is 2. The van der Waals surface area contributed by atoms with Crippen LogP contribution in [0.4, 0.5) is 0 Å². The Labute approximate surface area is 120 Å². The van der Waals surface area contributed by atoms with Crippen molar-refractivity contribution in [3.05, 3.63) is 29.6 Å². The molecule has 0 fully saturated rings. The first-order valence-corrected chi connectivity index (χ1v) is 6.86. The molecule has 0 saturated carbocycles. The Balaban J connectivity index is 2.47. The molecule has 0 aromatic carbocycles. The van der Waals surface area contributed by atoms with Crippen molar-refractivity contribution < 1.29 is 4.79 Å². The normalized spacial score (nSPS) is 10.0. The van der Waals surface area contributed by atoms with Crippen molar-refractivity contribution in [1.82, 2.24) is 15.2 Å². The smallest absolute Gasteiger partial charge is 0.269 e. The van der Waals surface area contributed by atoms with Crippen molar-refractivity contribution in [3.63, 3.8) is 0 Å². The summed E-state index contributed by atoms with van der Waals surface area (Å²) in [5.41, 5.74) is 6.46. The first-order valence-electron chi connectivity index (χ1n) is 6.86. The van der Waals surface area contributed by atoms with Crippen molar-refractivity contribution in [2.75, 3.05) is 32.7 Å². The Hall–Kier alpha value is -1.90. The number of rotatable bonds is 6. The second-order valence-corrected chi connectivity index (χ2v) is 4.22. The van der Waals surface area contributed by atoms with Gasteiger partial charge in [-0.05, 0) is 25.2 Å². The van der Waals surface area contributed by atoms with Gasteiger partial charge < -0.3 is 16.0 Å². The second-order valence-electron chi connectivity index (χ2n) is 4.22. The molecule has 0 aliphatic rings. The number of hydrogen-bond donors (Lipinski definition) is 2. The van der Waals surface area contributed by atoms with Crippen molar-refractivity contribution in [2.24, 2.45) is 5.73 Å². The summed E-state index contributed by atoms with van der Waals surface area (Å²) in [7, 11) is 0. The highest BCUT2D eigenvalue weighted by atomic mass is 16.1. The molecular weight excluding hydrogens is 252 g/mol. The average Bonchev–Trinajstić information content (AvgIpc) is 2.50. The Morgan fingerprint density at radius 3 is 2.70 bits per heavy atom. The second kappa shape index (κ2) is 9.08. The predicted octanol–water partition coefficient (Wildman–Crippen LogP) is 0.463. The first-order chi connectivity index (χ1) is 9.71. The van der Waals surface area contributed by atoms with E-state index < -0.39 is 0 Å². The zero-order chi connectivity index (χ0) is 14.8. The summed E-state index contributed by atoms with van der Waals surface area (Å²) >= 11 is 0. The van der Waals surface area contributed by atoms with Crippen LogP contribution in [0.15, 0.2) is 18.3 Å². The van der Waals surface area contributed by atoms with Gasteiger partial charge in [0.2, 0.25) is 0 Å². The van der Waals surface area contributed by atoms with E-state index in [0.717, 1.165) is 25.2 Å². The van der Waals surface area contributed by atoms with Crippen molar-refractivity contribution in [2.45, 2.75) is 13.8 Å². The van der Waals surface area contributed by atoms with E-state index in [1.54, 1.807) is 18.3 Å². The molecule has 0 radical (unpaired) electrons. The number of pyridine rings is 1. The van der Waals surface area contributed by atoms with Gasteiger partial charge in [-0.1, -0.05) is 25.7 Å². The van der Waals surface area contributed by atoms with Gasteiger partial charge in [0.05, 0.1) is 6.54 Å². The molecule has 1 amide bonds. The van der Waals surface area contributed by atoms with Gasteiger partial charge in [-0.15, -0.1) is 0 Å². The van der Waals surface area contributed by atoms with Crippen LogP contribution in [0.5, 0.6) is 0 Å². The molecular formula is C15H22N4O. The van der Waals surface area contributed by atoms with Gasteiger partial charge in [0.25, 0.3) is 5.91 Å². The SMILES string of the molecule is CCN(CC)CCNC(=O)c1ccc(C#CCN)cn1. The molecule has 0 bridgehead atoms. The maximum atomic E-state index is 11.9. The molecule has 0 saturated heterocycles. The number of aromatic nitrogens is 1. The fourth-order valence-electron chi connectivity index (χ4n) is 1.71. The Kier molecular flexibility index (Phi) is 7.33. The maximum Gasteiger partial charge on any atom is 0.269 e. The number of carbonyl (C=O) groups excluding carboxylic acids is 1. The molecule has 0 spiro atoms. The lowest BCUT2D eigenvalue weighted by molar-refractivity contribution is 0.0944. The van der Waals surface area contributed by atoms with E-state index >= 15 is 0 Å². The minimum absolute atomic E-state index is 0.157. The first kappa shape index (κ1) is 16.2. The Morgan fingerprint density at radius 1 is 1.40 bits per heavy atom. The van der Waals surface area contributed by atoms with Crippen LogP contribution in [-0.2, 0) is 0 Å². The summed E-state index contributed by atoms with van der Waals surface area (Å²) in [6.45, 7) is 7.96. The number of likely N-dealkylation sites (N-methyl/N-ethyl adjacent to an activating group) is 1. The van der Waals surface area contributed by atoms with E-state index in [1.807, 2.05) is 0 Å². The highest BCUT2D eigenvalue weighted by Crippen LogP contribution is 1.98. The fourth-order valence-corrected chi connectivity index (χ4v) is 1.71. The van der Waals surface area contributed by atoms with E-state index in [1.165, 1.54) is 0 Å². The summed E-state index contributed by atoms with van der Waals surface area (Å²) in [5.74, 6) is 5.46. The maximum absolute atomic E-state index is 11.9. The van der Waals surface area contributed by atoms with Crippen molar-refractivity contribution in [1.29, 1.82) is 0 Å². The predicted molar refractivity (Wildman–Crippen MR) is 80.3 cm³/mol. The minimum atomic E-state index is -0.157. The third kappa shape index (κ3) is 5.39. The van der Waals surface area contributed by atoms with Gasteiger partial charge in [-0.3, -0.25) is 4.79 Å². The van der Waals surface area contributed by atoms with Crippen LogP contribution in [-0.4, -0.2) is 48.5 Å². The topological polar surface area (TPSA) is 71.2 Å². The molecule has 1 aromatic heterocycles. The summed E-state index contributed by atoms with van der Waals surface area (Å²) in [5, 5.41) is 2.86. The van der Waals surface area contributed by atoms with E-state index in [9.17, 15) is 4.79 Å². The van der Waals surface area contributed by atoms with Gasteiger partial charge in [-0.25, -0.2) is 4.98 Å². The molecule has 1 heterocycles. The van der Waals surface area contributed by atoms with Crippen LogP contribution in [0, 0.1) is 11.8 Å². The monoisotopic (exact) mass is 274 g/mol. The van der Waals surface area contributed by atoms with E-state index in [4.69, 9.17) is 5.73 Å². The zero-order valence-electron chi connectivity index (χ0n) is 12.1. The zero-order valence-corrected chi connectivity index (χ0v) is 12.1. The molecule has 1 rings (SSSR count). The van der Waals surface area contributed by atoms with Gasteiger partial charge in [-0.2, -0.15) is 0 Å². The van der Waals surface area contributed by atoms with Crippen LogP contribution in [0.3, 0.4) is 0 Å². The summed E-state index contributed by atoms with van der Waals surface area (Å²) in [6, 6.07) is 3.45. The van der Waals surface area contributed by atoms with Crippen molar-refractivity contribution >= 4 is 5.91 Å². The number of hydrogen-bond acceptors (Lipinski definition) is 4. The molecule has 0 atom stereocenters. The van der Waals surface area contributed by atoms with Crippen LogP contribution in [0.25, 0.3) is 0 Å². The molecule has 5 heteroatoms. The highest BCUT2D eigenvalue weighted by molar-refractivity contribution is 5.92. The molecule has 0 aliphatic carbocycles. The number of nitrogens with one attached hydrogen (secondary N) is 1. The Morgan fingerprint density at radius 2 is 2.15 bits per heavy atom. The lowest BCUT2D eigenvalue weighted by atomic mass is 10.2. The van der Waals surface area contributed by atoms with Crippen LogP contribution in [0.2, 0.25) is 0 Å². The summed E-state index contributed by atoms with van der Waals surface area (Å²) < 4.78 is 0. The molecule has 108 valence electrons. The lowest BCUT2D eigenvalue weighted by Crippen LogP contribution is -2.35. The van der Waals surface area contributed by atoms with Gasteiger partial charge in [0.1, 0.15) is 5.69 Å². The van der Waals surface area contributed by atoms with Crippen LogP contribution < -0.4 is 11.1 Å². The quantitative estimate of drug-likeness (QED) is 0.740. The molecule has 0 aliphatic heterocycles.